The molecule has 9 heteroatoms. The zero-order chi connectivity index (χ0) is 23.6. The molecule has 2 saturated heterocycles. The first kappa shape index (κ1) is 23.1. The molecule has 6 nitrogen and oxygen atoms in total. The number of hydrogen-bond donors (Lipinski definition) is 2. The summed E-state index contributed by atoms with van der Waals surface area (Å²) in [7, 11) is 0. The van der Waals surface area contributed by atoms with E-state index < -0.39 is 17.8 Å². The van der Waals surface area contributed by atoms with Crippen LogP contribution in [0, 0.1) is 0 Å². The maximum atomic E-state index is 13.1. The van der Waals surface area contributed by atoms with E-state index in [1.807, 2.05) is 6.07 Å². The van der Waals surface area contributed by atoms with Crippen LogP contribution in [0.2, 0.25) is 0 Å². The number of likely N-dealkylation sites (tertiary alicyclic amines) is 2. The van der Waals surface area contributed by atoms with Gasteiger partial charge in [0.2, 0.25) is 0 Å². The Morgan fingerprint density at radius 1 is 0.939 bits per heavy atom. The number of alkyl halides is 3. The van der Waals surface area contributed by atoms with E-state index in [0.717, 1.165) is 12.1 Å². The molecule has 0 radical (unpaired) electrons. The summed E-state index contributed by atoms with van der Waals surface area (Å²) in [6.45, 7) is 1.32. The van der Waals surface area contributed by atoms with E-state index in [9.17, 15) is 27.9 Å². The third kappa shape index (κ3) is 5.47. The molecule has 2 aromatic carbocycles. The maximum absolute atomic E-state index is 13.1. The van der Waals surface area contributed by atoms with E-state index in [1.54, 1.807) is 34.1 Å². The Morgan fingerprint density at radius 2 is 1.64 bits per heavy atom. The lowest BCUT2D eigenvalue weighted by Gasteiger charge is -2.40. The number of carbonyl (C=O) groups is 2. The Hall–Kier alpha value is -3.07. The van der Waals surface area contributed by atoms with Gasteiger partial charge in [-0.15, -0.1) is 0 Å². The second kappa shape index (κ2) is 9.43. The minimum atomic E-state index is -4.42. The van der Waals surface area contributed by atoms with Gasteiger partial charge in [-0.3, -0.25) is 4.79 Å². The van der Waals surface area contributed by atoms with E-state index in [1.165, 1.54) is 12.1 Å². The fourth-order valence-electron chi connectivity index (χ4n) is 4.52. The number of urea groups is 1. The van der Waals surface area contributed by atoms with Crippen LogP contribution in [-0.4, -0.2) is 65.2 Å². The summed E-state index contributed by atoms with van der Waals surface area (Å²) in [5, 5.41) is 12.8. The summed E-state index contributed by atoms with van der Waals surface area (Å²) >= 11 is 0. The minimum absolute atomic E-state index is 0.234. The van der Waals surface area contributed by atoms with Crippen LogP contribution in [0.4, 0.5) is 18.0 Å². The minimum Gasteiger partial charge on any atom is -0.391 e. The molecule has 0 aromatic heterocycles. The highest BCUT2D eigenvalue weighted by molar-refractivity contribution is 5.94. The Kier molecular flexibility index (Phi) is 6.60. The van der Waals surface area contributed by atoms with Gasteiger partial charge in [0.15, 0.2) is 0 Å². The number of halogens is 3. The molecule has 2 fully saturated rings. The third-order valence-electron chi connectivity index (χ3n) is 6.24. The molecule has 0 spiro atoms. The Morgan fingerprint density at radius 3 is 2.24 bits per heavy atom. The summed E-state index contributed by atoms with van der Waals surface area (Å²) in [5.74, 6) is -0.503. The van der Waals surface area contributed by atoms with E-state index in [0.29, 0.717) is 43.6 Å². The van der Waals surface area contributed by atoms with E-state index in [2.05, 4.69) is 5.32 Å². The van der Waals surface area contributed by atoms with Crippen molar-refractivity contribution in [2.75, 3.05) is 26.2 Å². The van der Waals surface area contributed by atoms with Gasteiger partial charge in [-0.05, 0) is 42.7 Å². The number of nitrogens with one attached hydrogen (secondary N) is 1. The highest BCUT2D eigenvalue weighted by Crippen LogP contribution is 2.33. The predicted octanol–water partition coefficient (Wildman–Crippen LogP) is 3.48. The molecule has 2 N–H and O–H groups in total. The number of nitrogens with zero attached hydrogens (tertiary/aromatic N) is 2. The van der Waals surface area contributed by atoms with Gasteiger partial charge in [-0.25, -0.2) is 4.79 Å². The molecule has 3 amide bonds. The molecular formula is C24H26F3N3O3. The zero-order valence-corrected chi connectivity index (χ0v) is 18.0. The van der Waals surface area contributed by atoms with E-state index in [-0.39, 0.29) is 30.4 Å². The second-order valence-electron chi connectivity index (χ2n) is 8.66. The van der Waals surface area contributed by atoms with Gasteiger partial charge in [-0.1, -0.05) is 30.3 Å². The van der Waals surface area contributed by atoms with Crippen LogP contribution >= 0.6 is 0 Å². The van der Waals surface area contributed by atoms with Gasteiger partial charge in [-0.2, -0.15) is 13.2 Å². The summed E-state index contributed by atoms with van der Waals surface area (Å²) in [4.78, 5) is 29.0. The monoisotopic (exact) mass is 461 g/mol. The number of rotatable bonds is 3. The molecular weight excluding hydrogens is 435 g/mol. The quantitative estimate of drug-likeness (QED) is 0.735. The molecule has 0 saturated carbocycles. The number of aliphatic hydroxyl groups excluding tert-OH is 1. The summed E-state index contributed by atoms with van der Waals surface area (Å²) in [6, 6.07) is 13.1. The van der Waals surface area contributed by atoms with Crippen molar-refractivity contribution in [2.24, 2.45) is 0 Å². The average molecular weight is 461 g/mol. The van der Waals surface area contributed by atoms with Crippen molar-refractivity contribution >= 4 is 11.9 Å². The molecule has 2 heterocycles. The molecule has 2 unspecified atom stereocenters. The van der Waals surface area contributed by atoms with Gasteiger partial charge >= 0.3 is 12.2 Å². The normalized spacial score (nSPS) is 23.5. The van der Waals surface area contributed by atoms with Crippen LogP contribution < -0.4 is 5.32 Å². The van der Waals surface area contributed by atoms with E-state index in [4.69, 9.17) is 0 Å². The lowest BCUT2D eigenvalue weighted by Crippen LogP contribution is -2.54. The number of β-amino-alcohol motifs (C(OH)–C–C–N with tert-alkyl or cyclic N) is 1. The van der Waals surface area contributed by atoms with Crippen LogP contribution in [0.5, 0.6) is 0 Å². The van der Waals surface area contributed by atoms with Gasteiger partial charge in [0.05, 0.1) is 11.7 Å². The number of aliphatic hydroxyl groups is 1. The second-order valence-corrected chi connectivity index (χ2v) is 8.66. The zero-order valence-electron chi connectivity index (χ0n) is 18.0. The Balaban J connectivity index is 1.54. The largest absolute Gasteiger partial charge is 0.416 e. The van der Waals surface area contributed by atoms with Crippen molar-refractivity contribution in [3.05, 3.63) is 71.3 Å². The van der Waals surface area contributed by atoms with Crippen molar-refractivity contribution in [1.29, 1.82) is 0 Å². The molecule has 2 aromatic rings. The molecule has 4 rings (SSSR count). The van der Waals surface area contributed by atoms with Crippen molar-refractivity contribution in [2.45, 2.75) is 37.1 Å². The van der Waals surface area contributed by atoms with Gasteiger partial charge in [0, 0.05) is 43.7 Å². The lowest BCUT2D eigenvalue weighted by molar-refractivity contribution is -0.137. The van der Waals surface area contributed by atoms with Gasteiger partial charge in [0.1, 0.15) is 0 Å². The molecule has 3 atom stereocenters. The summed E-state index contributed by atoms with van der Waals surface area (Å²) < 4.78 is 38.9. The summed E-state index contributed by atoms with van der Waals surface area (Å²) in [5.41, 5.74) is 0.450. The molecule has 2 aliphatic rings. The molecule has 33 heavy (non-hydrogen) atoms. The van der Waals surface area contributed by atoms with Gasteiger partial charge in [0.25, 0.3) is 5.91 Å². The fourth-order valence-corrected chi connectivity index (χ4v) is 4.52. The number of hydrogen-bond acceptors (Lipinski definition) is 3. The first-order chi connectivity index (χ1) is 15.7. The molecule has 0 aliphatic carbocycles. The van der Waals surface area contributed by atoms with Crippen LogP contribution in [-0.2, 0) is 6.18 Å². The molecule has 176 valence electrons. The van der Waals surface area contributed by atoms with Crippen LogP contribution in [0.15, 0.2) is 54.6 Å². The molecule has 2 aliphatic heterocycles. The SMILES string of the molecule is O=C(NC1CC(c2ccc(C(F)(F)F)cc2)CN(C(=O)N2CC[C@H](O)C2)C1)c1ccccc1. The highest BCUT2D eigenvalue weighted by atomic mass is 19.4. The Bertz CT molecular complexity index is 982. The van der Waals surface area contributed by atoms with Crippen LogP contribution in [0.25, 0.3) is 0 Å². The fraction of sp³-hybridized carbons (Fsp3) is 0.417. The van der Waals surface area contributed by atoms with Gasteiger partial charge < -0.3 is 20.2 Å². The number of piperidine rings is 1. The first-order valence-electron chi connectivity index (χ1n) is 11.0. The Labute approximate surface area is 190 Å². The standard InChI is InChI=1S/C24H26F3N3O3/c25-24(26,27)19-8-6-16(7-9-19)18-12-20(28-22(32)17-4-2-1-3-5-17)14-30(13-18)23(33)29-11-10-21(31)15-29/h1-9,18,20-21,31H,10-15H2,(H,28,32)/t18?,20?,21-/m0/s1. The predicted molar refractivity (Wildman–Crippen MR) is 116 cm³/mol. The average Bonchev–Trinajstić information content (AvgIpc) is 3.24. The van der Waals surface area contributed by atoms with Crippen molar-refractivity contribution < 1.29 is 27.9 Å². The van der Waals surface area contributed by atoms with Crippen molar-refractivity contribution in [1.82, 2.24) is 15.1 Å². The van der Waals surface area contributed by atoms with Crippen molar-refractivity contribution in [3.8, 4) is 0 Å². The first-order valence-corrected chi connectivity index (χ1v) is 11.0. The number of carbonyl (C=O) groups excluding carboxylic acids is 2. The third-order valence-corrected chi connectivity index (χ3v) is 6.24. The topological polar surface area (TPSA) is 72.9 Å². The lowest BCUT2D eigenvalue weighted by atomic mass is 9.87. The van der Waals surface area contributed by atoms with Crippen LogP contribution in [0.1, 0.15) is 40.2 Å². The maximum Gasteiger partial charge on any atom is 0.416 e. The highest BCUT2D eigenvalue weighted by Gasteiger charge is 2.36. The van der Waals surface area contributed by atoms with E-state index >= 15 is 0 Å². The van der Waals surface area contributed by atoms with Crippen molar-refractivity contribution in [3.63, 3.8) is 0 Å². The molecule has 0 bridgehead atoms. The summed E-state index contributed by atoms with van der Waals surface area (Å²) in [6.07, 6.45) is -3.97. The number of amides is 3. The van der Waals surface area contributed by atoms with Crippen LogP contribution in [0.3, 0.4) is 0 Å². The smallest absolute Gasteiger partial charge is 0.391 e. The number of benzene rings is 2.